The SMILES string of the molecule is Cc1cccc(-c2cn(CC(=O)N3CCC(N4CCc5ccccc5CC4=O)CC3)c(=O)n(C[C@@H](O)CO)c2=O)c1C. The molecule has 0 radical (unpaired) electrons. The Hall–Kier alpha value is -4.02. The lowest BCUT2D eigenvalue weighted by Crippen LogP contribution is -2.50. The van der Waals surface area contributed by atoms with Gasteiger partial charge in [0.1, 0.15) is 6.54 Å². The molecule has 2 aromatic carbocycles. The van der Waals surface area contributed by atoms with E-state index in [1.807, 2.05) is 49.1 Å². The molecule has 1 aromatic heterocycles. The first kappa shape index (κ1) is 29.5. The van der Waals surface area contributed by atoms with Gasteiger partial charge in [0.2, 0.25) is 11.8 Å². The van der Waals surface area contributed by atoms with E-state index in [9.17, 15) is 29.4 Å². The number of carbonyl (C=O) groups excluding carboxylic acids is 2. The molecule has 1 saturated heterocycles. The van der Waals surface area contributed by atoms with Crippen molar-refractivity contribution in [2.75, 3.05) is 26.2 Å². The summed E-state index contributed by atoms with van der Waals surface area (Å²) in [6, 6.07) is 13.6. The van der Waals surface area contributed by atoms with Crippen molar-refractivity contribution in [3.8, 4) is 11.1 Å². The van der Waals surface area contributed by atoms with Crippen molar-refractivity contribution in [2.45, 2.75) is 64.8 Å². The van der Waals surface area contributed by atoms with Crippen LogP contribution < -0.4 is 11.2 Å². The monoisotopic (exact) mass is 574 g/mol. The molecule has 2 aliphatic rings. The second-order valence-electron chi connectivity index (χ2n) is 11.3. The van der Waals surface area contributed by atoms with Crippen molar-refractivity contribution in [1.29, 1.82) is 0 Å². The summed E-state index contributed by atoms with van der Waals surface area (Å²) in [7, 11) is 0. The number of aliphatic hydroxyl groups excluding tert-OH is 2. The first-order valence-corrected chi connectivity index (χ1v) is 14.5. The Morgan fingerprint density at radius 1 is 0.952 bits per heavy atom. The molecule has 0 bridgehead atoms. The summed E-state index contributed by atoms with van der Waals surface area (Å²) >= 11 is 0. The number of amides is 2. The highest BCUT2D eigenvalue weighted by atomic mass is 16.3. The molecule has 42 heavy (non-hydrogen) atoms. The van der Waals surface area contributed by atoms with Gasteiger partial charge in [0.15, 0.2) is 0 Å². The first-order valence-electron chi connectivity index (χ1n) is 14.5. The number of benzene rings is 2. The summed E-state index contributed by atoms with van der Waals surface area (Å²) in [6.45, 7) is 4.12. The quantitative estimate of drug-likeness (QED) is 0.438. The number of rotatable bonds is 7. The molecule has 5 rings (SSSR count). The number of fused-ring (bicyclic) bond motifs is 1. The zero-order valence-corrected chi connectivity index (χ0v) is 24.2. The van der Waals surface area contributed by atoms with Gasteiger partial charge in [0.05, 0.1) is 31.2 Å². The minimum absolute atomic E-state index is 0.0522. The zero-order valence-electron chi connectivity index (χ0n) is 24.2. The third kappa shape index (κ3) is 5.96. The molecule has 0 aliphatic carbocycles. The second-order valence-corrected chi connectivity index (χ2v) is 11.3. The van der Waals surface area contributed by atoms with E-state index in [1.165, 1.54) is 16.3 Å². The Balaban J connectivity index is 1.33. The predicted molar refractivity (Wildman–Crippen MR) is 158 cm³/mol. The van der Waals surface area contributed by atoms with Crippen molar-refractivity contribution in [2.24, 2.45) is 0 Å². The van der Waals surface area contributed by atoms with Crippen LogP contribution >= 0.6 is 0 Å². The fraction of sp³-hybridized carbons (Fsp3) is 0.438. The van der Waals surface area contributed by atoms with Gasteiger partial charge in [0, 0.05) is 31.9 Å². The molecule has 0 unspecified atom stereocenters. The normalized spacial score (nSPS) is 16.7. The fourth-order valence-electron chi connectivity index (χ4n) is 6.09. The number of aromatic nitrogens is 2. The van der Waals surface area contributed by atoms with Crippen LogP contribution in [0.2, 0.25) is 0 Å². The van der Waals surface area contributed by atoms with E-state index >= 15 is 0 Å². The van der Waals surface area contributed by atoms with Crippen molar-refractivity contribution < 1.29 is 19.8 Å². The summed E-state index contributed by atoms with van der Waals surface area (Å²) in [6.07, 6.45) is 2.63. The number of aryl methyl sites for hydroxylation is 1. The van der Waals surface area contributed by atoms with E-state index in [4.69, 9.17) is 0 Å². The van der Waals surface area contributed by atoms with Crippen LogP contribution in [0.1, 0.15) is 35.1 Å². The Bertz CT molecular complexity index is 1600. The molecular formula is C32H38N4O6. The maximum Gasteiger partial charge on any atom is 0.331 e. The van der Waals surface area contributed by atoms with Crippen LogP contribution in [0.15, 0.2) is 58.3 Å². The van der Waals surface area contributed by atoms with Crippen molar-refractivity contribution in [1.82, 2.24) is 18.9 Å². The van der Waals surface area contributed by atoms with Crippen LogP contribution in [0.3, 0.4) is 0 Å². The summed E-state index contributed by atoms with van der Waals surface area (Å²) < 4.78 is 2.10. The molecule has 2 aliphatic heterocycles. The van der Waals surface area contributed by atoms with E-state index in [0.29, 0.717) is 44.5 Å². The lowest BCUT2D eigenvalue weighted by atomic mass is 9.99. The molecular weight excluding hydrogens is 536 g/mol. The average Bonchev–Trinajstić information content (AvgIpc) is 3.16. The van der Waals surface area contributed by atoms with Crippen LogP contribution in [0, 0.1) is 13.8 Å². The van der Waals surface area contributed by atoms with Crippen molar-refractivity contribution in [3.63, 3.8) is 0 Å². The molecule has 1 fully saturated rings. The van der Waals surface area contributed by atoms with Crippen molar-refractivity contribution in [3.05, 3.63) is 91.8 Å². The molecule has 1 atom stereocenters. The summed E-state index contributed by atoms with van der Waals surface area (Å²) in [5.41, 5.74) is 3.70. The van der Waals surface area contributed by atoms with Gasteiger partial charge in [-0.25, -0.2) is 4.79 Å². The van der Waals surface area contributed by atoms with Crippen LogP contribution in [0.25, 0.3) is 11.1 Å². The smallest absolute Gasteiger partial charge is 0.331 e. The van der Waals surface area contributed by atoms with Gasteiger partial charge in [-0.15, -0.1) is 0 Å². The Labute approximate surface area is 244 Å². The number of likely N-dealkylation sites (tertiary alicyclic amines) is 1. The molecule has 0 spiro atoms. The van der Waals surface area contributed by atoms with Gasteiger partial charge in [-0.1, -0.05) is 42.5 Å². The minimum atomic E-state index is -1.30. The van der Waals surface area contributed by atoms with E-state index < -0.39 is 24.0 Å². The standard InChI is InChI=1S/C32H38N4O6/c1-21-6-5-9-27(22(21)2)28-18-34(32(42)36(31(28)41)17-26(38)20-37)19-30(40)33-13-11-25(12-14-33)35-15-10-23-7-3-4-8-24(23)16-29(35)39/h3-9,18,25-26,37-38H,10-17,19-20H2,1-2H3/t26-/m1/s1. The van der Waals surface area contributed by atoms with Crippen molar-refractivity contribution >= 4 is 11.8 Å². The molecule has 0 saturated carbocycles. The van der Waals surface area contributed by atoms with E-state index in [2.05, 4.69) is 6.07 Å². The van der Waals surface area contributed by atoms with Crippen LogP contribution in [-0.4, -0.2) is 79.3 Å². The number of aliphatic hydroxyl groups is 2. The van der Waals surface area contributed by atoms with Gasteiger partial charge in [0.25, 0.3) is 5.56 Å². The third-order valence-corrected chi connectivity index (χ3v) is 8.70. The highest BCUT2D eigenvalue weighted by Crippen LogP contribution is 2.24. The molecule has 10 heteroatoms. The zero-order chi connectivity index (χ0) is 30.0. The van der Waals surface area contributed by atoms with E-state index in [-0.39, 0.29) is 36.5 Å². The van der Waals surface area contributed by atoms with E-state index in [1.54, 1.807) is 11.0 Å². The Morgan fingerprint density at radius 2 is 1.67 bits per heavy atom. The number of carbonyl (C=O) groups is 2. The Morgan fingerprint density at radius 3 is 2.38 bits per heavy atom. The van der Waals surface area contributed by atoms with Crippen LogP contribution in [0.4, 0.5) is 0 Å². The average molecular weight is 575 g/mol. The topological polar surface area (TPSA) is 125 Å². The molecule has 2 N–H and O–H groups in total. The maximum absolute atomic E-state index is 13.4. The third-order valence-electron chi connectivity index (χ3n) is 8.70. The summed E-state index contributed by atoms with van der Waals surface area (Å²) in [4.78, 5) is 56.9. The molecule has 3 heterocycles. The predicted octanol–water partition coefficient (Wildman–Crippen LogP) is 1.27. The number of hydrogen-bond donors (Lipinski definition) is 2. The van der Waals surface area contributed by atoms with E-state index in [0.717, 1.165) is 27.7 Å². The largest absolute Gasteiger partial charge is 0.394 e. The second kappa shape index (κ2) is 12.5. The van der Waals surface area contributed by atoms with Gasteiger partial charge in [-0.05, 0) is 60.9 Å². The van der Waals surface area contributed by atoms with Crippen LogP contribution in [-0.2, 0) is 35.5 Å². The minimum Gasteiger partial charge on any atom is -0.394 e. The van der Waals surface area contributed by atoms with Gasteiger partial charge in [-0.3, -0.25) is 23.5 Å². The number of piperidine rings is 1. The maximum atomic E-state index is 13.4. The number of nitrogens with zero attached hydrogens (tertiary/aromatic N) is 4. The van der Waals surface area contributed by atoms with Gasteiger partial charge < -0.3 is 20.0 Å². The molecule has 2 amide bonds. The Kier molecular flexibility index (Phi) is 8.74. The van der Waals surface area contributed by atoms with Gasteiger partial charge >= 0.3 is 5.69 Å². The highest BCUT2D eigenvalue weighted by Gasteiger charge is 2.31. The molecule has 3 aromatic rings. The first-order chi connectivity index (χ1) is 20.2. The molecule has 10 nitrogen and oxygen atoms in total. The lowest BCUT2D eigenvalue weighted by molar-refractivity contribution is -0.136. The summed E-state index contributed by atoms with van der Waals surface area (Å²) in [5, 5.41) is 19.4. The fourth-order valence-corrected chi connectivity index (χ4v) is 6.09. The summed E-state index contributed by atoms with van der Waals surface area (Å²) in [5.74, 6) is -0.146. The number of hydrogen-bond acceptors (Lipinski definition) is 6. The van der Waals surface area contributed by atoms with Gasteiger partial charge in [-0.2, -0.15) is 0 Å². The lowest BCUT2D eigenvalue weighted by Gasteiger charge is -2.38. The molecule has 222 valence electrons. The highest BCUT2D eigenvalue weighted by molar-refractivity contribution is 5.80. The van der Waals surface area contributed by atoms with Crippen LogP contribution in [0.5, 0.6) is 0 Å².